The highest BCUT2D eigenvalue weighted by Crippen LogP contribution is 2.21. The van der Waals surface area contributed by atoms with Gasteiger partial charge in [-0.05, 0) is 11.6 Å². The van der Waals surface area contributed by atoms with E-state index in [4.69, 9.17) is 0 Å². The maximum absolute atomic E-state index is 12.3. The van der Waals surface area contributed by atoms with E-state index in [1.165, 1.54) is 18.5 Å². The SMILES string of the molecule is N#Cc1c(-c2ccccc2)nc(NN=Cc2ccc(-c3ccc([N+](=O)[O-])cn3)cc2)[nH]c1=O. The largest absolute Gasteiger partial charge is 0.290 e. The van der Waals surface area contributed by atoms with Gasteiger partial charge in [0.15, 0.2) is 0 Å². The summed E-state index contributed by atoms with van der Waals surface area (Å²) >= 11 is 0. The van der Waals surface area contributed by atoms with Gasteiger partial charge >= 0.3 is 0 Å². The molecule has 4 aromatic rings. The molecular formula is C23H15N7O3. The topological polar surface area (TPSA) is 150 Å². The van der Waals surface area contributed by atoms with Gasteiger partial charge in [-0.1, -0.05) is 54.6 Å². The van der Waals surface area contributed by atoms with Crippen LogP contribution in [0.3, 0.4) is 0 Å². The molecule has 2 heterocycles. The zero-order chi connectivity index (χ0) is 23.2. The Morgan fingerprint density at radius 1 is 1.06 bits per heavy atom. The number of rotatable bonds is 6. The molecule has 0 radical (unpaired) electrons. The first-order valence-corrected chi connectivity index (χ1v) is 9.65. The van der Waals surface area contributed by atoms with E-state index in [-0.39, 0.29) is 22.9 Å². The lowest BCUT2D eigenvalue weighted by atomic mass is 10.1. The van der Waals surface area contributed by atoms with Gasteiger partial charge in [-0.25, -0.2) is 15.4 Å². The van der Waals surface area contributed by atoms with Gasteiger partial charge in [0.05, 0.1) is 22.5 Å². The van der Waals surface area contributed by atoms with Crippen molar-refractivity contribution in [2.24, 2.45) is 5.10 Å². The lowest BCUT2D eigenvalue weighted by molar-refractivity contribution is -0.385. The summed E-state index contributed by atoms with van der Waals surface area (Å²) in [6, 6.07) is 21.0. The predicted octanol–water partition coefficient (Wildman–Crippen LogP) is 3.72. The van der Waals surface area contributed by atoms with E-state index < -0.39 is 10.5 Å². The van der Waals surface area contributed by atoms with Crippen molar-refractivity contribution in [1.82, 2.24) is 15.0 Å². The minimum atomic E-state index is -0.566. The third kappa shape index (κ3) is 4.78. The fraction of sp³-hybridized carbons (Fsp3) is 0. The van der Waals surface area contributed by atoms with E-state index in [1.54, 1.807) is 42.5 Å². The number of H-pyrrole nitrogens is 1. The van der Waals surface area contributed by atoms with Crippen molar-refractivity contribution in [2.75, 3.05) is 5.43 Å². The van der Waals surface area contributed by atoms with E-state index in [1.807, 2.05) is 24.3 Å². The number of hydrogen-bond donors (Lipinski definition) is 2. The van der Waals surface area contributed by atoms with Crippen molar-refractivity contribution in [2.45, 2.75) is 0 Å². The van der Waals surface area contributed by atoms with E-state index in [2.05, 4.69) is 25.5 Å². The Morgan fingerprint density at radius 2 is 1.82 bits per heavy atom. The number of hydrogen-bond acceptors (Lipinski definition) is 8. The number of aromatic nitrogens is 3. The smallest absolute Gasteiger partial charge is 0.287 e. The molecule has 2 N–H and O–H groups in total. The van der Waals surface area contributed by atoms with Crippen LogP contribution in [0, 0.1) is 21.4 Å². The number of anilines is 1. The van der Waals surface area contributed by atoms with Crippen molar-refractivity contribution in [1.29, 1.82) is 5.26 Å². The van der Waals surface area contributed by atoms with Gasteiger partial charge in [0.1, 0.15) is 17.8 Å². The van der Waals surface area contributed by atoms with Crippen LogP contribution < -0.4 is 11.0 Å². The van der Waals surface area contributed by atoms with Gasteiger partial charge in [-0.3, -0.25) is 19.9 Å². The number of nitrogens with zero attached hydrogens (tertiary/aromatic N) is 5. The van der Waals surface area contributed by atoms with Gasteiger partial charge in [0.25, 0.3) is 11.2 Å². The van der Waals surface area contributed by atoms with Gasteiger partial charge in [-0.15, -0.1) is 0 Å². The van der Waals surface area contributed by atoms with E-state index in [9.17, 15) is 20.2 Å². The number of aromatic amines is 1. The van der Waals surface area contributed by atoms with Crippen LogP contribution >= 0.6 is 0 Å². The molecule has 0 bridgehead atoms. The Morgan fingerprint density at radius 3 is 2.45 bits per heavy atom. The van der Waals surface area contributed by atoms with Gasteiger partial charge in [0.2, 0.25) is 5.95 Å². The molecule has 10 heteroatoms. The highest BCUT2D eigenvalue weighted by atomic mass is 16.6. The zero-order valence-corrected chi connectivity index (χ0v) is 17.0. The molecular weight excluding hydrogens is 422 g/mol. The van der Waals surface area contributed by atoms with Gasteiger partial charge < -0.3 is 0 Å². The van der Waals surface area contributed by atoms with Gasteiger partial charge in [-0.2, -0.15) is 10.4 Å². The number of benzene rings is 2. The minimum Gasteiger partial charge on any atom is -0.290 e. The molecule has 0 atom stereocenters. The van der Waals surface area contributed by atoms with Crippen LogP contribution in [0.25, 0.3) is 22.5 Å². The zero-order valence-electron chi connectivity index (χ0n) is 17.0. The average Bonchev–Trinajstić information content (AvgIpc) is 2.85. The summed E-state index contributed by atoms with van der Waals surface area (Å²) < 4.78 is 0. The lowest BCUT2D eigenvalue weighted by Gasteiger charge is -2.06. The Labute approximate surface area is 187 Å². The summed E-state index contributed by atoms with van der Waals surface area (Å²) in [7, 11) is 0. The molecule has 0 aliphatic carbocycles. The highest BCUT2D eigenvalue weighted by Gasteiger charge is 2.13. The minimum absolute atomic E-state index is 0.0709. The monoisotopic (exact) mass is 437 g/mol. The van der Waals surface area contributed by atoms with Crippen LogP contribution in [0.15, 0.2) is 82.8 Å². The highest BCUT2D eigenvalue weighted by molar-refractivity contribution is 5.81. The molecule has 0 aliphatic rings. The first kappa shape index (κ1) is 21.1. The Kier molecular flexibility index (Phi) is 5.95. The predicted molar refractivity (Wildman–Crippen MR) is 123 cm³/mol. The molecule has 0 unspecified atom stereocenters. The van der Waals surface area contributed by atoms with Crippen LogP contribution in [0.1, 0.15) is 11.1 Å². The summed E-state index contributed by atoms with van der Waals surface area (Å²) in [4.78, 5) is 33.4. The Hall–Kier alpha value is -5.17. The maximum Gasteiger partial charge on any atom is 0.287 e. The number of nitrogens with one attached hydrogen (secondary N) is 2. The normalized spacial score (nSPS) is 10.6. The van der Waals surface area contributed by atoms with Crippen LogP contribution in [0.2, 0.25) is 0 Å². The van der Waals surface area contributed by atoms with Crippen molar-refractivity contribution >= 4 is 17.9 Å². The Bertz CT molecular complexity index is 1420. The number of pyridine rings is 1. The molecule has 0 saturated heterocycles. The third-order valence-electron chi connectivity index (χ3n) is 4.63. The van der Waals surface area contributed by atoms with Crippen molar-refractivity contribution in [3.8, 4) is 28.6 Å². The molecule has 160 valence electrons. The van der Waals surface area contributed by atoms with E-state index in [0.29, 0.717) is 11.3 Å². The van der Waals surface area contributed by atoms with Crippen molar-refractivity contribution in [3.63, 3.8) is 0 Å². The molecule has 0 aliphatic heterocycles. The van der Waals surface area contributed by atoms with Crippen molar-refractivity contribution in [3.05, 3.63) is 105 Å². The molecule has 0 fully saturated rings. The second-order valence-corrected chi connectivity index (χ2v) is 6.77. The van der Waals surface area contributed by atoms with Crippen LogP contribution in [0.4, 0.5) is 11.6 Å². The molecule has 0 spiro atoms. The molecule has 10 nitrogen and oxygen atoms in total. The summed E-state index contributed by atoms with van der Waals surface area (Å²) in [5, 5.41) is 24.2. The number of nitro groups is 1. The second-order valence-electron chi connectivity index (χ2n) is 6.77. The maximum atomic E-state index is 12.3. The van der Waals surface area contributed by atoms with Crippen LogP contribution in [-0.2, 0) is 0 Å². The van der Waals surface area contributed by atoms with Crippen molar-refractivity contribution < 1.29 is 4.92 Å². The summed E-state index contributed by atoms with van der Waals surface area (Å²) in [5.74, 6) is 0.0980. The fourth-order valence-corrected chi connectivity index (χ4v) is 3.01. The number of hydrazone groups is 1. The molecule has 33 heavy (non-hydrogen) atoms. The molecule has 0 saturated carbocycles. The second kappa shape index (κ2) is 9.32. The third-order valence-corrected chi connectivity index (χ3v) is 4.63. The molecule has 0 amide bonds. The van der Waals surface area contributed by atoms with Crippen LogP contribution in [-0.4, -0.2) is 26.1 Å². The fourth-order valence-electron chi connectivity index (χ4n) is 3.01. The van der Waals surface area contributed by atoms with E-state index >= 15 is 0 Å². The molecule has 2 aromatic heterocycles. The summed E-state index contributed by atoms with van der Waals surface area (Å²) in [6.07, 6.45) is 2.75. The first-order valence-electron chi connectivity index (χ1n) is 9.65. The van der Waals surface area contributed by atoms with Crippen LogP contribution in [0.5, 0.6) is 0 Å². The summed E-state index contributed by atoms with van der Waals surface area (Å²) in [5.41, 5.74) is 5.02. The standard InChI is InChI=1S/C23H15N7O3/c24-12-19-21(17-4-2-1-3-5-17)27-23(28-22(19)31)29-26-13-15-6-8-16(9-7-15)20-11-10-18(14-25-20)30(32)33/h1-11,13-14H,(H2,27,28,29,31). The van der Waals surface area contributed by atoms with E-state index in [0.717, 1.165) is 11.1 Å². The summed E-state index contributed by atoms with van der Waals surface area (Å²) in [6.45, 7) is 0. The van der Waals surface area contributed by atoms with Gasteiger partial charge in [0, 0.05) is 17.2 Å². The quantitative estimate of drug-likeness (QED) is 0.265. The molecule has 4 rings (SSSR count). The number of nitriles is 1. The molecule has 2 aromatic carbocycles. The first-order chi connectivity index (χ1) is 16.0. The average molecular weight is 437 g/mol. The lowest BCUT2D eigenvalue weighted by Crippen LogP contribution is -2.16. The Balaban J connectivity index is 1.50.